The van der Waals surface area contributed by atoms with Crippen molar-refractivity contribution in [2.75, 3.05) is 13.2 Å². The predicted molar refractivity (Wildman–Crippen MR) is 124 cm³/mol. The molecule has 1 heterocycles. The number of nitro groups is 1. The fraction of sp³-hybridized carbons (Fsp3) is 0.417. The Morgan fingerprint density at radius 3 is 2.40 bits per heavy atom. The number of nitro benzene ring substituents is 1. The Morgan fingerprint density at radius 1 is 1.20 bits per heavy atom. The molecule has 2 rings (SSSR count). The van der Waals surface area contributed by atoms with Crippen LogP contribution < -0.4 is 10.6 Å². The minimum absolute atomic E-state index is 0.00517. The molecule has 11 heteroatoms. The fourth-order valence-electron chi connectivity index (χ4n) is 3.75. The summed E-state index contributed by atoms with van der Waals surface area (Å²) in [4.78, 5) is 49.7. The molecule has 11 nitrogen and oxygen atoms in total. The lowest BCUT2D eigenvalue weighted by molar-refractivity contribution is -0.384. The van der Waals surface area contributed by atoms with Gasteiger partial charge in [0, 0.05) is 23.4 Å². The number of amides is 1. The van der Waals surface area contributed by atoms with Gasteiger partial charge in [-0.05, 0) is 32.3 Å². The molecule has 0 aliphatic carbocycles. The lowest BCUT2D eigenvalue weighted by Gasteiger charge is -2.31. The van der Waals surface area contributed by atoms with Crippen molar-refractivity contribution in [2.24, 2.45) is 5.92 Å². The number of non-ortho nitro benzene ring substituents is 1. The van der Waals surface area contributed by atoms with Gasteiger partial charge in [-0.1, -0.05) is 26.0 Å². The number of nitrogens with zero attached hydrogens (tertiary/aromatic N) is 2. The molecule has 0 saturated carbocycles. The van der Waals surface area contributed by atoms with Crippen LogP contribution in [0.25, 0.3) is 0 Å². The van der Waals surface area contributed by atoms with E-state index in [1.807, 2.05) is 6.07 Å². The van der Waals surface area contributed by atoms with Crippen molar-refractivity contribution in [3.63, 3.8) is 0 Å². The maximum absolute atomic E-state index is 13.5. The van der Waals surface area contributed by atoms with Gasteiger partial charge >= 0.3 is 11.9 Å². The monoisotopic (exact) mass is 484 g/mol. The second-order valence-corrected chi connectivity index (χ2v) is 8.02. The molecule has 35 heavy (non-hydrogen) atoms. The Morgan fingerprint density at radius 2 is 1.86 bits per heavy atom. The third-order valence-corrected chi connectivity index (χ3v) is 5.32. The molecule has 1 unspecified atom stereocenters. The normalized spacial score (nSPS) is 16.2. The molecule has 0 aromatic heterocycles. The average Bonchev–Trinajstić information content (AvgIpc) is 2.81. The van der Waals surface area contributed by atoms with E-state index in [0.29, 0.717) is 0 Å². The highest BCUT2D eigenvalue weighted by Gasteiger charge is 2.40. The molecular weight excluding hydrogens is 456 g/mol. The first-order valence-corrected chi connectivity index (χ1v) is 11.1. The van der Waals surface area contributed by atoms with Crippen LogP contribution in [-0.2, 0) is 23.9 Å². The summed E-state index contributed by atoms with van der Waals surface area (Å²) in [6.45, 7) is 8.37. The number of carbonyl (C=O) groups is 3. The summed E-state index contributed by atoms with van der Waals surface area (Å²) < 4.78 is 10.2. The van der Waals surface area contributed by atoms with Crippen LogP contribution in [0.4, 0.5) is 5.69 Å². The number of benzene rings is 1. The Balaban J connectivity index is 2.69. The highest BCUT2D eigenvalue weighted by atomic mass is 16.6. The van der Waals surface area contributed by atoms with Gasteiger partial charge in [-0.15, -0.1) is 0 Å². The zero-order chi connectivity index (χ0) is 26.3. The number of carbonyl (C=O) groups excluding carboxylic acids is 3. The van der Waals surface area contributed by atoms with E-state index in [0.717, 1.165) is 0 Å². The van der Waals surface area contributed by atoms with E-state index in [-0.39, 0.29) is 52.9 Å². The van der Waals surface area contributed by atoms with Crippen molar-refractivity contribution in [2.45, 2.75) is 46.6 Å². The number of nitrogens with one attached hydrogen (secondary N) is 2. The maximum atomic E-state index is 13.5. The molecule has 0 bridgehead atoms. The van der Waals surface area contributed by atoms with Gasteiger partial charge in [-0.2, -0.15) is 5.26 Å². The third-order valence-electron chi connectivity index (χ3n) is 5.32. The van der Waals surface area contributed by atoms with Crippen molar-refractivity contribution in [1.29, 1.82) is 5.26 Å². The maximum Gasteiger partial charge on any atom is 0.337 e. The van der Waals surface area contributed by atoms with Crippen molar-refractivity contribution < 1.29 is 28.8 Å². The first-order chi connectivity index (χ1) is 16.6. The number of esters is 2. The molecule has 0 fully saturated rings. The molecule has 1 aliphatic heterocycles. The zero-order valence-corrected chi connectivity index (χ0v) is 20.2. The van der Waals surface area contributed by atoms with E-state index in [9.17, 15) is 29.8 Å². The SMILES string of the molecule is CCOC(=O)C1=C(C#N)NC(C)=C(C(=O)N[C@H](C(=O)OCC)C(C)C)C1c1cccc([N+](=O)[O-])c1. The smallest absolute Gasteiger partial charge is 0.337 e. The Hall–Kier alpha value is -4.20. The van der Waals surface area contributed by atoms with Crippen molar-refractivity contribution in [1.82, 2.24) is 10.6 Å². The van der Waals surface area contributed by atoms with Gasteiger partial charge in [0.2, 0.25) is 0 Å². The summed E-state index contributed by atoms with van der Waals surface area (Å²) in [5, 5.41) is 26.5. The zero-order valence-electron chi connectivity index (χ0n) is 20.2. The van der Waals surface area contributed by atoms with E-state index in [1.54, 1.807) is 27.7 Å². The Kier molecular flexibility index (Phi) is 9.11. The molecule has 2 N–H and O–H groups in total. The molecule has 0 radical (unpaired) electrons. The molecule has 1 aliphatic rings. The molecule has 1 amide bonds. The summed E-state index contributed by atoms with van der Waals surface area (Å²) in [5.41, 5.74) is -0.0647. The summed E-state index contributed by atoms with van der Waals surface area (Å²) in [6.07, 6.45) is 0. The van der Waals surface area contributed by atoms with Crippen LogP contribution in [0.15, 0.2) is 46.8 Å². The van der Waals surface area contributed by atoms with Crippen molar-refractivity contribution in [3.8, 4) is 6.07 Å². The molecule has 186 valence electrons. The van der Waals surface area contributed by atoms with Crippen LogP contribution in [-0.4, -0.2) is 42.0 Å². The van der Waals surface area contributed by atoms with E-state index in [2.05, 4.69) is 10.6 Å². The van der Waals surface area contributed by atoms with Crippen molar-refractivity contribution >= 4 is 23.5 Å². The summed E-state index contributed by atoms with van der Waals surface area (Å²) in [6, 6.07) is 6.37. The quantitative estimate of drug-likeness (QED) is 0.305. The topological polar surface area (TPSA) is 161 Å². The van der Waals surface area contributed by atoms with Crippen LogP contribution in [0, 0.1) is 27.4 Å². The van der Waals surface area contributed by atoms with E-state index in [4.69, 9.17) is 9.47 Å². The van der Waals surface area contributed by atoms with Gasteiger partial charge in [0.25, 0.3) is 11.6 Å². The highest BCUT2D eigenvalue weighted by molar-refractivity contribution is 6.03. The second-order valence-electron chi connectivity index (χ2n) is 8.02. The minimum atomic E-state index is -1.17. The van der Waals surface area contributed by atoms with Gasteiger partial charge in [-0.3, -0.25) is 14.9 Å². The van der Waals surface area contributed by atoms with Crippen molar-refractivity contribution in [3.05, 3.63) is 62.5 Å². The lowest BCUT2D eigenvalue weighted by Crippen LogP contribution is -2.47. The van der Waals surface area contributed by atoms with Gasteiger partial charge in [-0.25, -0.2) is 9.59 Å². The summed E-state index contributed by atoms with van der Waals surface area (Å²) in [7, 11) is 0. The van der Waals surface area contributed by atoms with Gasteiger partial charge in [0.15, 0.2) is 0 Å². The average molecular weight is 485 g/mol. The van der Waals surface area contributed by atoms with Crippen LogP contribution >= 0.6 is 0 Å². The van der Waals surface area contributed by atoms with Crippen LogP contribution in [0.3, 0.4) is 0 Å². The number of nitriles is 1. The summed E-state index contributed by atoms with van der Waals surface area (Å²) in [5.74, 6) is -3.65. The number of allylic oxidation sites excluding steroid dienone is 2. The Labute approximate surface area is 202 Å². The first-order valence-electron chi connectivity index (χ1n) is 11.1. The van der Waals surface area contributed by atoms with Gasteiger partial charge in [0.05, 0.1) is 29.6 Å². The number of hydrogen-bond donors (Lipinski definition) is 2. The fourth-order valence-corrected chi connectivity index (χ4v) is 3.75. The molecule has 1 aromatic carbocycles. The molecule has 0 saturated heterocycles. The highest BCUT2D eigenvalue weighted by Crippen LogP contribution is 2.39. The van der Waals surface area contributed by atoms with E-state index >= 15 is 0 Å². The van der Waals surface area contributed by atoms with Crippen LogP contribution in [0.1, 0.15) is 46.1 Å². The Bertz CT molecular complexity index is 1130. The first kappa shape index (κ1) is 27.0. The minimum Gasteiger partial charge on any atom is -0.464 e. The van der Waals surface area contributed by atoms with E-state index < -0.39 is 34.7 Å². The van der Waals surface area contributed by atoms with Crippen LogP contribution in [0.5, 0.6) is 0 Å². The predicted octanol–water partition coefficient (Wildman–Crippen LogP) is 2.60. The second kappa shape index (κ2) is 11.8. The number of hydrogen-bond acceptors (Lipinski definition) is 9. The van der Waals surface area contributed by atoms with Gasteiger partial charge < -0.3 is 20.1 Å². The van der Waals surface area contributed by atoms with Gasteiger partial charge in [0.1, 0.15) is 17.8 Å². The third kappa shape index (κ3) is 6.03. The van der Waals surface area contributed by atoms with E-state index in [1.165, 1.54) is 31.2 Å². The molecular formula is C24H28N4O7. The molecule has 1 aromatic rings. The lowest BCUT2D eigenvalue weighted by atomic mass is 9.79. The summed E-state index contributed by atoms with van der Waals surface area (Å²) >= 11 is 0. The number of ether oxygens (including phenoxy) is 2. The molecule has 2 atom stereocenters. The number of dihydropyridines is 1. The largest absolute Gasteiger partial charge is 0.464 e. The number of rotatable bonds is 9. The molecule has 0 spiro atoms. The standard InChI is InChI=1S/C24H28N4O7/c1-6-34-23(30)20-17(12-25)26-14(5)18(19(20)15-9-8-10-16(11-15)28(32)33)22(29)27-21(13(3)4)24(31)35-7-2/h8-11,13,19,21,26H,6-7H2,1-5H3,(H,27,29)/t19?,21-/m0/s1. The van der Waals surface area contributed by atoms with Crippen LogP contribution in [0.2, 0.25) is 0 Å².